The fourth-order valence-electron chi connectivity index (χ4n) is 2.95. The van der Waals surface area contributed by atoms with Crippen molar-refractivity contribution >= 4 is 11.4 Å². The number of rotatable bonds is 3. The third-order valence-corrected chi connectivity index (χ3v) is 4.22. The number of nitro groups is 1. The molecule has 4 nitrogen and oxygen atoms in total. The molecule has 108 valence electrons. The first-order valence-corrected chi connectivity index (χ1v) is 7.13. The summed E-state index contributed by atoms with van der Waals surface area (Å²) in [6.07, 6.45) is 1.83. The van der Waals surface area contributed by atoms with Crippen LogP contribution in [0.15, 0.2) is 36.4 Å². The van der Waals surface area contributed by atoms with E-state index in [-0.39, 0.29) is 16.7 Å². The zero-order valence-corrected chi connectivity index (χ0v) is 12.2. The Labute approximate surface area is 124 Å². The third kappa shape index (κ3) is 2.61. The smallest absolute Gasteiger partial charge is 0.292 e. The zero-order chi connectivity index (χ0) is 15.0. The van der Waals surface area contributed by atoms with Crippen LogP contribution in [0.1, 0.15) is 22.3 Å². The van der Waals surface area contributed by atoms with Gasteiger partial charge in [0.1, 0.15) is 5.69 Å². The van der Waals surface area contributed by atoms with E-state index >= 15 is 0 Å². The number of hydrogen-bond acceptors (Lipinski definition) is 3. The highest BCUT2D eigenvalue weighted by molar-refractivity contribution is 5.65. The Kier molecular flexibility index (Phi) is 3.37. The van der Waals surface area contributed by atoms with Crippen LogP contribution in [0, 0.1) is 24.0 Å². The minimum absolute atomic E-state index is 0.161. The highest BCUT2D eigenvalue weighted by Crippen LogP contribution is 2.31. The van der Waals surface area contributed by atoms with Crippen molar-refractivity contribution in [3.05, 3.63) is 68.8 Å². The van der Waals surface area contributed by atoms with Gasteiger partial charge in [0.2, 0.25) is 0 Å². The van der Waals surface area contributed by atoms with Crippen molar-refractivity contribution in [3.8, 4) is 0 Å². The molecule has 4 heteroatoms. The van der Waals surface area contributed by atoms with Crippen LogP contribution in [0.2, 0.25) is 0 Å². The molecule has 1 N–H and O–H groups in total. The fraction of sp³-hybridized carbons (Fsp3) is 0.294. The highest BCUT2D eigenvalue weighted by Gasteiger charge is 2.24. The lowest BCUT2D eigenvalue weighted by molar-refractivity contribution is -0.384. The Morgan fingerprint density at radius 1 is 1.10 bits per heavy atom. The normalized spacial score (nSPS) is 14.0. The van der Waals surface area contributed by atoms with Gasteiger partial charge in [-0.05, 0) is 55.0 Å². The molecular formula is C17H18N2O2. The largest absolute Gasteiger partial charge is 0.376 e. The number of hydrogen-bond donors (Lipinski definition) is 1. The minimum atomic E-state index is -0.309. The Morgan fingerprint density at radius 2 is 1.67 bits per heavy atom. The molecule has 0 spiro atoms. The molecule has 0 heterocycles. The summed E-state index contributed by atoms with van der Waals surface area (Å²) in [6, 6.07) is 12.1. The van der Waals surface area contributed by atoms with E-state index in [2.05, 4.69) is 17.4 Å². The van der Waals surface area contributed by atoms with E-state index in [1.807, 2.05) is 32.0 Å². The molecule has 0 atom stereocenters. The maximum atomic E-state index is 11.2. The van der Waals surface area contributed by atoms with Crippen molar-refractivity contribution in [1.29, 1.82) is 0 Å². The summed E-state index contributed by atoms with van der Waals surface area (Å²) in [5, 5.41) is 14.6. The van der Waals surface area contributed by atoms with Gasteiger partial charge in [0, 0.05) is 12.1 Å². The lowest BCUT2D eigenvalue weighted by Crippen LogP contribution is -2.20. The molecule has 0 saturated heterocycles. The van der Waals surface area contributed by atoms with Crippen LogP contribution >= 0.6 is 0 Å². The van der Waals surface area contributed by atoms with Crippen LogP contribution in [0.3, 0.4) is 0 Å². The van der Waals surface area contributed by atoms with Gasteiger partial charge in [0.15, 0.2) is 0 Å². The summed E-state index contributed by atoms with van der Waals surface area (Å²) in [6.45, 7) is 3.88. The van der Waals surface area contributed by atoms with Crippen LogP contribution in [0.25, 0.3) is 0 Å². The second-order valence-corrected chi connectivity index (χ2v) is 5.73. The summed E-state index contributed by atoms with van der Waals surface area (Å²) in [7, 11) is 0. The number of fused-ring (bicyclic) bond motifs is 1. The first kappa shape index (κ1) is 13.6. The van der Waals surface area contributed by atoms with Gasteiger partial charge in [-0.3, -0.25) is 10.1 Å². The van der Waals surface area contributed by atoms with E-state index in [4.69, 9.17) is 0 Å². The Hall–Kier alpha value is -2.36. The van der Waals surface area contributed by atoms with Crippen molar-refractivity contribution in [2.24, 2.45) is 0 Å². The molecule has 0 aromatic heterocycles. The maximum absolute atomic E-state index is 11.2. The van der Waals surface area contributed by atoms with Crippen molar-refractivity contribution in [2.45, 2.75) is 32.7 Å². The molecule has 0 fully saturated rings. The monoisotopic (exact) mass is 282 g/mol. The van der Waals surface area contributed by atoms with Gasteiger partial charge in [-0.1, -0.05) is 24.3 Å². The first-order valence-electron chi connectivity index (χ1n) is 7.13. The van der Waals surface area contributed by atoms with Gasteiger partial charge in [-0.25, -0.2) is 0 Å². The van der Waals surface area contributed by atoms with E-state index < -0.39 is 0 Å². The van der Waals surface area contributed by atoms with Crippen LogP contribution in [0.5, 0.6) is 0 Å². The predicted molar refractivity (Wildman–Crippen MR) is 83.8 cm³/mol. The number of nitro benzene ring substituents is 1. The number of aryl methyl sites for hydroxylation is 2. The quantitative estimate of drug-likeness (QED) is 0.688. The number of anilines is 1. The van der Waals surface area contributed by atoms with Gasteiger partial charge in [-0.2, -0.15) is 0 Å². The van der Waals surface area contributed by atoms with Crippen molar-refractivity contribution in [3.63, 3.8) is 0 Å². The van der Waals surface area contributed by atoms with E-state index in [0.717, 1.165) is 24.0 Å². The topological polar surface area (TPSA) is 55.2 Å². The molecule has 3 rings (SSSR count). The molecule has 1 aliphatic carbocycles. The minimum Gasteiger partial charge on any atom is -0.376 e. The van der Waals surface area contributed by atoms with Gasteiger partial charge >= 0.3 is 0 Å². The molecule has 2 aromatic carbocycles. The lowest BCUT2D eigenvalue weighted by atomic mass is 10.1. The lowest BCUT2D eigenvalue weighted by Gasteiger charge is -2.15. The summed E-state index contributed by atoms with van der Waals surface area (Å²) >= 11 is 0. The fourth-order valence-corrected chi connectivity index (χ4v) is 2.95. The van der Waals surface area contributed by atoms with Crippen LogP contribution < -0.4 is 5.32 Å². The van der Waals surface area contributed by atoms with E-state index in [0.29, 0.717) is 5.69 Å². The van der Waals surface area contributed by atoms with E-state index in [1.165, 1.54) is 11.1 Å². The first-order chi connectivity index (χ1) is 10.0. The summed E-state index contributed by atoms with van der Waals surface area (Å²) in [5.74, 6) is 0. The number of benzene rings is 2. The molecule has 0 aliphatic heterocycles. The summed E-state index contributed by atoms with van der Waals surface area (Å²) in [4.78, 5) is 10.9. The van der Waals surface area contributed by atoms with Gasteiger partial charge in [-0.15, -0.1) is 0 Å². The Bertz CT molecular complexity index is 685. The second-order valence-electron chi connectivity index (χ2n) is 5.73. The summed E-state index contributed by atoms with van der Waals surface area (Å²) in [5.41, 5.74) is 5.47. The van der Waals surface area contributed by atoms with Gasteiger partial charge in [0.05, 0.1) is 4.92 Å². The molecule has 0 radical (unpaired) electrons. The second kappa shape index (κ2) is 5.20. The molecule has 0 saturated carbocycles. The van der Waals surface area contributed by atoms with Crippen molar-refractivity contribution in [2.75, 3.05) is 5.32 Å². The predicted octanol–water partition coefficient (Wildman–Crippen LogP) is 3.79. The molecular weight excluding hydrogens is 264 g/mol. The van der Waals surface area contributed by atoms with E-state index in [9.17, 15) is 10.1 Å². The zero-order valence-electron chi connectivity index (χ0n) is 12.2. The van der Waals surface area contributed by atoms with Crippen LogP contribution in [-0.4, -0.2) is 11.0 Å². The molecule has 21 heavy (non-hydrogen) atoms. The van der Waals surface area contributed by atoms with Crippen LogP contribution in [-0.2, 0) is 12.8 Å². The highest BCUT2D eigenvalue weighted by atomic mass is 16.6. The van der Waals surface area contributed by atoms with Crippen molar-refractivity contribution in [1.82, 2.24) is 0 Å². The third-order valence-electron chi connectivity index (χ3n) is 4.22. The SMILES string of the molecule is Cc1cc(NC2Cc3ccccc3C2)c([N+](=O)[O-])cc1C. The maximum Gasteiger partial charge on any atom is 0.292 e. The Balaban J connectivity index is 1.86. The average molecular weight is 282 g/mol. The van der Waals surface area contributed by atoms with Gasteiger partial charge in [0.25, 0.3) is 5.69 Å². The molecule has 2 aromatic rings. The van der Waals surface area contributed by atoms with Gasteiger partial charge < -0.3 is 5.32 Å². The standard InChI is InChI=1S/C17H18N2O2/c1-11-7-16(17(19(20)21)8-12(11)2)18-15-9-13-5-3-4-6-14(13)10-15/h3-8,15,18H,9-10H2,1-2H3. The number of nitrogens with zero attached hydrogens (tertiary/aromatic N) is 1. The van der Waals surface area contributed by atoms with Crippen molar-refractivity contribution < 1.29 is 4.92 Å². The Morgan fingerprint density at radius 3 is 2.24 bits per heavy atom. The molecule has 0 unspecified atom stereocenters. The molecule has 0 amide bonds. The molecule has 1 aliphatic rings. The van der Waals surface area contributed by atoms with E-state index in [1.54, 1.807) is 6.07 Å². The molecule has 0 bridgehead atoms. The van der Waals surface area contributed by atoms with Crippen LogP contribution in [0.4, 0.5) is 11.4 Å². The average Bonchev–Trinajstić information content (AvgIpc) is 2.84. The summed E-state index contributed by atoms with van der Waals surface area (Å²) < 4.78 is 0. The number of nitrogens with one attached hydrogen (secondary N) is 1.